The molecule has 0 aliphatic carbocycles. The summed E-state index contributed by atoms with van der Waals surface area (Å²) in [5, 5.41) is 18.1. The molecule has 3 aromatic heterocycles. The third-order valence-electron chi connectivity index (χ3n) is 3.82. The summed E-state index contributed by atoms with van der Waals surface area (Å²) in [7, 11) is 0. The van der Waals surface area contributed by atoms with Gasteiger partial charge in [0.2, 0.25) is 0 Å². The first-order valence-electron chi connectivity index (χ1n) is 8.31. The topological polar surface area (TPSA) is 97.6 Å². The van der Waals surface area contributed by atoms with Crippen molar-refractivity contribution in [2.75, 3.05) is 10.6 Å². The molecule has 0 aliphatic heterocycles. The van der Waals surface area contributed by atoms with Crippen molar-refractivity contribution in [3.8, 4) is 5.82 Å². The Morgan fingerprint density at radius 2 is 1.79 bits per heavy atom. The third kappa shape index (κ3) is 3.83. The molecule has 2 N–H and O–H groups in total. The third-order valence-corrected chi connectivity index (χ3v) is 3.82. The summed E-state index contributed by atoms with van der Waals surface area (Å²) in [6.07, 6.45) is 5.81. The van der Waals surface area contributed by atoms with Gasteiger partial charge in [-0.15, -0.1) is 10.2 Å². The van der Waals surface area contributed by atoms with Gasteiger partial charge in [-0.3, -0.25) is 9.78 Å². The number of anilines is 3. The Bertz CT molecular complexity index is 1080. The fourth-order valence-corrected chi connectivity index (χ4v) is 2.46. The summed E-state index contributed by atoms with van der Waals surface area (Å²) in [5.74, 6) is -0.0420. The maximum absolute atomic E-state index is 13.6. The van der Waals surface area contributed by atoms with Crippen LogP contribution in [0.1, 0.15) is 10.4 Å². The van der Waals surface area contributed by atoms with E-state index in [1.165, 1.54) is 12.3 Å². The van der Waals surface area contributed by atoms with Crippen molar-refractivity contribution in [2.24, 2.45) is 0 Å². The molecule has 1 aromatic carbocycles. The minimum atomic E-state index is -0.671. The van der Waals surface area contributed by atoms with Crippen molar-refractivity contribution < 1.29 is 9.18 Å². The van der Waals surface area contributed by atoms with Crippen LogP contribution in [0.3, 0.4) is 0 Å². The van der Waals surface area contributed by atoms with Crippen molar-refractivity contribution in [2.45, 2.75) is 0 Å². The molecule has 4 aromatic rings. The highest BCUT2D eigenvalue weighted by Gasteiger charge is 2.11. The van der Waals surface area contributed by atoms with Crippen LogP contribution in [0.4, 0.5) is 21.6 Å². The lowest BCUT2D eigenvalue weighted by molar-refractivity contribution is 0.102. The number of pyridine rings is 1. The highest BCUT2D eigenvalue weighted by molar-refractivity contribution is 6.04. The van der Waals surface area contributed by atoms with Gasteiger partial charge in [0.05, 0.1) is 11.8 Å². The first kappa shape index (κ1) is 17.3. The Kier molecular flexibility index (Phi) is 4.70. The van der Waals surface area contributed by atoms with E-state index in [4.69, 9.17) is 0 Å². The Morgan fingerprint density at radius 1 is 0.964 bits per heavy atom. The molecule has 0 unspecified atom stereocenters. The van der Waals surface area contributed by atoms with Crippen LogP contribution in [-0.2, 0) is 0 Å². The van der Waals surface area contributed by atoms with Gasteiger partial charge in [0.15, 0.2) is 17.5 Å². The highest BCUT2D eigenvalue weighted by atomic mass is 19.1. The van der Waals surface area contributed by atoms with Gasteiger partial charge in [-0.05, 0) is 48.5 Å². The SMILES string of the molecule is O=C(Nc1ccc(Nc2ccc(-n3cccn3)nn2)cc1)c1ccncc1F. The highest BCUT2D eigenvalue weighted by Crippen LogP contribution is 2.18. The lowest BCUT2D eigenvalue weighted by Gasteiger charge is -2.08. The van der Waals surface area contributed by atoms with E-state index in [9.17, 15) is 9.18 Å². The van der Waals surface area contributed by atoms with Crippen molar-refractivity contribution in [3.63, 3.8) is 0 Å². The van der Waals surface area contributed by atoms with Crippen LogP contribution in [0.15, 0.2) is 73.3 Å². The fraction of sp³-hybridized carbons (Fsp3) is 0. The number of nitrogens with zero attached hydrogens (tertiary/aromatic N) is 5. The zero-order valence-corrected chi connectivity index (χ0v) is 14.5. The van der Waals surface area contributed by atoms with E-state index in [2.05, 4.69) is 30.9 Å². The molecule has 8 nitrogen and oxygen atoms in total. The first-order chi connectivity index (χ1) is 13.7. The van der Waals surface area contributed by atoms with Crippen LogP contribution in [0, 0.1) is 5.82 Å². The van der Waals surface area contributed by atoms with Crippen molar-refractivity contribution in [3.05, 3.63) is 84.7 Å². The number of benzene rings is 1. The molecule has 9 heteroatoms. The summed E-state index contributed by atoms with van der Waals surface area (Å²) < 4.78 is 15.2. The van der Waals surface area contributed by atoms with Gasteiger partial charge in [-0.25, -0.2) is 9.07 Å². The molecule has 0 spiro atoms. The van der Waals surface area contributed by atoms with Crippen LogP contribution in [0.5, 0.6) is 0 Å². The number of aromatic nitrogens is 5. The predicted molar refractivity (Wildman–Crippen MR) is 101 cm³/mol. The molecule has 0 atom stereocenters. The molecule has 3 heterocycles. The van der Waals surface area contributed by atoms with Crippen LogP contribution < -0.4 is 10.6 Å². The Morgan fingerprint density at radius 3 is 2.46 bits per heavy atom. The second-order valence-corrected chi connectivity index (χ2v) is 5.74. The van der Waals surface area contributed by atoms with Crippen LogP contribution in [-0.4, -0.2) is 30.9 Å². The monoisotopic (exact) mass is 375 g/mol. The summed E-state index contributed by atoms with van der Waals surface area (Å²) in [4.78, 5) is 15.7. The minimum Gasteiger partial charge on any atom is -0.339 e. The maximum atomic E-state index is 13.6. The predicted octanol–water partition coefficient (Wildman–Crippen LogP) is 3.19. The van der Waals surface area contributed by atoms with E-state index in [0.29, 0.717) is 17.3 Å². The number of halogens is 1. The van der Waals surface area contributed by atoms with Gasteiger partial charge >= 0.3 is 0 Å². The summed E-state index contributed by atoms with van der Waals surface area (Å²) in [5.41, 5.74) is 1.23. The quantitative estimate of drug-likeness (QED) is 0.556. The standard InChI is InChI=1S/C19H14FN7O/c20-16-12-21-10-8-15(16)19(28)24-14-4-2-13(3-5-14)23-17-6-7-18(26-25-17)27-11-1-9-22-27/h1-12H,(H,23,25)(H,24,28). The molecular formula is C19H14FN7O. The second kappa shape index (κ2) is 7.62. The zero-order chi connectivity index (χ0) is 19.3. The van der Waals surface area contributed by atoms with Gasteiger partial charge in [-0.1, -0.05) is 0 Å². The van der Waals surface area contributed by atoms with E-state index in [0.717, 1.165) is 11.9 Å². The molecule has 0 radical (unpaired) electrons. The van der Waals surface area contributed by atoms with Crippen LogP contribution >= 0.6 is 0 Å². The molecule has 0 saturated heterocycles. The van der Waals surface area contributed by atoms with E-state index >= 15 is 0 Å². The number of rotatable bonds is 5. The maximum Gasteiger partial charge on any atom is 0.258 e. The molecule has 0 fully saturated rings. The van der Waals surface area contributed by atoms with Gasteiger partial charge < -0.3 is 10.6 Å². The van der Waals surface area contributed by atoms with Crippen LogP contribution in [0.2, 0.25) is 0 Å². The molecule has 28 heavy (non-hydrogen) atoms. The number of nitrogens with one attached hydrogen (secondary N) is 2. The molecule has 0 saturated carbocycles. The molecular weight excluding hydrogens is 361 g/mol. The average molecular weight is 375 g/mol. The van der Waals surface area contributed by atoms with Gasteiger partial charge in [-0.2, -0.15) is 5.10 Å². The molecule has 0 bridgehead atoms. The number of hydrogen-bond acceptors (Lipinski definition) is 6. The molecule has 1 amide bonds. The second-order valence-electron chi connectivity index (χ2n) is 5.74. The number of hydrogen-bond donors (Lipinski definition) is 2. The number of carbonyl (C=O) groups is 1. The van der Waals surface area contributed by atoms with E-state index < -0.39 is 11.7 Å². The number of amides is 1. The number of carbonyl (C=O) groups excluding carboxylic acids is 1. The van der Waals surface area contributed by atoms with Gasteiger partial charge in [0.1, 0.15) is 0 Å². The average Bonchev–Trinajstić information content (AvgIpc) is 3.25. The minimum absolute atomic E-state index is 0.0650. The Balaban J connectivity index is 1.41. The first-order valence-corrected chi connectivity index (χ1v) is 8.31. The van der Waals surface area contributed by atoms with E-state index in [1.807, 2.05) is 0 Å². The lowest BCUT2D eigenvalue weighted by atomic mass is 10.2. The summed E-state index contributed by atoms with van der Waals surface area (Å²) in [6.45, 7) is 0. The van der Waals surface area contributed by atoms with Crippen LogP contribution in [0.25, 0.3) is 5.82 Å². The van der Waals surface area contributed by atoms with Gasteiger partial charge in [0.25, 0.3) is 5.91 Å². The largest absolute Gasteiger partial charge is 0.339 e. The zero-order valence-electron chi connectivity index (χ0n) is 14.5. The van der Waals surface area contributed by atoms with Crippen molar-refractivity contribution in [1.29, 1.82) is 0 Å². The van der Waals surface area contributed by atoms with E-state index in [-0.39, 0.29) is 5.56 Å². The van der Waals surface area contributed by atoms with E-state index in [1.54, 1.807) is 59.5 Å². The fourth-order valence-electron chi connectivity index (χ4n) is 2.46. The van der Waals surface area contributed by atoms with Crippen molar-refractivity contribution >= 4 is 23.1 Å². The summed E-state index contributed by atoms with van der Waals surface area (Å²) in [6, 6.07) is 13.6. The normalized spacial score (nSPS) is 10.5. The van der Waals surface area contributed by atoms with Gasteiger partial charge in [0, 0.05) is 30.0 Å². The molecule has 138 valence electrons. The Hall–Kier alpha value is -4.14. The summed E-state index contributed by atoms with van der Waals surface area (Å²) >= 11 is 0. The molecule has 0 aliphatic rings. The Labute approximate surface area is 159 Å². The lowest BCUT2D eigenvalue weighted by Crippen LogP contribution is -2.13. The van der Waals surface area contributed by atoms with Crippen molar-refractivity contribution in [1.82, 2.24) is 25.0 Å². The molecule has 4 rings (SSSR count). The smallest absolute Gasteiger partial charge is 0.258 e.